The second-order valence-corrected chi connectivity index (χ2v) is 5.16. The molecule has 0 aliphatic rings. The van der Waals surface area contributed by atoms with Crippen LogP contribution in [0.15, 0.2) is 54.7 Å². The number of rotatable bonds is 6. The predicted molar refractivity (Wildman–Crippen MR) is 86.0 cm³/mol. The summed E-state index contributed by atoms with van der Waals surface area (Å²) in [5.74, 6) is 0. The minimum atomic E-state index is 0.658. The van der Waals surface area contributed by atoms with Crippen LogP contribution >= 0.6 is 0 Å². The Hall–Kier alpha value is -2.10. The lowest BCUT2D eigenvalue weighted by atomic mass is 10.1. The topological polar surface area (TPSA) is 37.0 Å². The highest BCUT2D eigenvalue weighted by Gasteiger charge is 2.03. The quantitative estimate of drug-likeness (QED) is 0.724. The zero-order valence-corrected chi connectivity index (χ0v) is 12.2. The van der Waals surface area contributed by atoms with Crippen molar-refractivity contribution in [1.29, 1.82) is 0 Å². The second-order valence-electron chi connectivity index (χ2n) is 5.16. The number of ether oxygens (including phenoxy) is 1. The summed E-state index contributed by atoms with van der Waals surface area (Å²) in [6.07, 6.45) is 1.99. The van der Waals surface area contributed by atoms with Gasteiger partial charge in [0.25, 0.3) is 0 Å². The van der Waals surface area contributed by atoms with Crippen molar-refractivity contribution in [3.05, 3.63) is 71.4 Å². The predicted octanol–water partition coefficient (Wildman–Crippen LogP) is 3.60. The van der Waals surface area contributed by atoms with Gasteiger partial charge in [0.15, 0.2) is 0 Å². The van der Waals surface area contributed by atoms with E-state index in [0.717, 1.165) is 13.1 Å². The van der Waals surface area contributed by atoms with Crippen LogP contribution in [0.25, 0.3) is 10.9 Å². The van der Waals surface area contributed by atoms with Gasteiger partial charge in [-0.1, -0.05) is 36.4 Å². The molecule has 0 aliphatic carbocycles. The third-order valence-electron chi connectivity index (χ3n) is 3.73. The molecule has 1 aromatic heterocycles. The standard InChI is InChI=1S/C18H20N2O/c1-21-13-16-6-3-2-5-14(16)11-19-12-15-7-4-8-18-17(15)9-10-20-18/h2-10,19-20H,11-13H2,1H3. The van der Waals surface area contributed by atoms with Crippen LogP contribution in [0.3, 0.4) is 0 Å². The summed E-state index contributed by atoms with van der Waals surface area (Å²) in [7, 11) is 1.73. The molecular formula is C18H20N2O. The minimum Gasteiger partial charge on any atom is -0.380 e. The molecule has 0 atom stereocenters. The van der Waals surface area contributed by atoms with E-state index in [4.69, 9.17) is 4.74 Å². The Morgan fingerprint density at radius 1 is 0.905 bits per heavy atom. The molecule has 3 heteroatoms. The number of hydrogen-bond donors (Lipinski definition) is 2. The zero-order chi connectivity index (χ0) is 14.5. The number of aromatic amines is 1. The highest BCUT2D eigenvalue weighted by Crippen LogP contribution is 2.17. The van der Waals surface area contributed by atoms with Crippen molar-refractivity contribution >= 4 is 10.9 Å². The van der Waals surface area contributed by atoms with Crippen molar-refractivity contribution in [1.82, 2.24) is 10.3 Å². The van der Waals surface area contributed by atoms with Crippen molar-refractivity contribution in [3.8, 4) is 0 Å². The van der Waals surface area contributed by atoms with Gasteiger partial charge in [-0.05, 0) is 28.8 Å². The van der Waals surface area contributed by atoms with Crippen LogP contribution in [0, 0.1) is 0 Å². The Labute approximate surface area is 125 Å². The molecule has 0 spiro atoms. The molecule has 0 saturated carbocycles. The summed E-state index contributed by atoms with van der Waals surface area (Å²) in [5, 5.41) is 4.82. The summed E-state index contributed by atoms with van der Waals surface area (Å²) >= 11 is 0. The zero-order valence-electron chi connectivity index (χ0n) is 12.2. The molecule has 0 aliphatic heterocycles. The Balaban J connectivity index is 1.68. The molecule has 0 unspecified atom stereocenters. The summed E-state index contributed by atoms with van der Waals surface area (Å²) in [4.78, 5) is 3.25. The van der Waals surface area contributed by atoms with Gasteiger partial charge in [-0.25, -0.2) is 0 Å². The molecule has 3 aromatic rings. The van der Waals surface area contributed by atoms with Gasteiger partial charge in [0, 0.05) is 37.3 Å². The smallest absolute Gasteiger partial charge is 0.0716 e. The van der Waals surface area contributed by atoms with E-state index in [2.05, 4.69) is 58.8 Å². The summed E-state index contributed by atoms with van der Waals surface area (Å²) in [5.41, 5.74) is 5.04. The molecular weight excluding hydrogens is 260 g/mol. The average molecular weight is 280 g/mol. The lowest BCUT2D eigenvalue weighted by Gasteiger charge is -2.10. The van der Waals surface area contributed by atoms with E-state index in [1.807, 2.05) is 6.20 Å². The molecule has 2 N–H and O–H groups in total. The van der Waals surface area contributed by atoms with Gasteiger partial charge in [-0.3, -0.25) is 0 Å². The molecule has 108 valence electrons. The number of fused-ring (bicyclic) bond motifs is 1. The van der Waals surface area contributed by atoms with Crippen LogP contribution in [0.4, 0.5) is 0 Å². The maximum absolute atomic E-state index is 5.25. The lowest BCUT2D eigenvalue weighted by Crippen LogP contribution is -2.14. The first kappa shape index (κ1) is 13.9. The van der Waals surface area contributed by atoms with Crippen LogP contribution in [0.2, 0.25) is 0 Å². The average Bonchev–Trinajstić information content (AvgIpc) is 2.99. The summed E-state index contributed by atoms with van der Waals surface area (Å²) < 4.78 is 5.25. The maximum atomic E-state index is 5.25. The van der Waals surface area contributed by atoms with Crippen molar-refractivity contribution < 1.29 is 4.74 Å². The van der Waals surface area contributed by atoms with Gasteiger partial charge in [0.2, 0.25) is 0 Å². The molecule has 2 aromatic carbocycles. The lowest BCUT2D eigenvalue weighted by molar-refractivity contribution is 0.184. The number of nitrogens with one attached hydrogen (secondary N) is 2. The van der Waals surface area contributed by atoms with E-state index < -0.39 is 0 Å². The largest absolute Gasteiger partial charge is 0.380 e. The Kier molecular flexibility index (Phi) is 4.34. The van der Waals surface area contributed by atoms with E-state index in [-0.39, 0.29) is 0 Å². The minimum absolute atomic E-state index is 0.658. The fourth-order valence-corrected chi connectivity index (χ4v) is 2.66. The van der Waals surface area contributed by atoms with Crippen molar-refractivity contribution in [2.24, 2.45) is 0 Å². The van der Waals surface area contributed by atoms with E-state index in [1.165, 1.54) is 27.6 Å². The van der Waals surface area contributed by atoms with Gasteiger partial charge in [-0.2, -0.15) is 0 Å². The Bertz CT molecular complexity index is 718. The van der Waals surface area contributed by atoms with Crippen LogP contribution in [0.5, 0.6) is 0 Å². The molecule has 0 amide bonds. The highest BCUT2D eigenvalue weighted by molar-refractivity contribution is 5.82. The van der Waals surface area contributed by atoms with E-state index in [1.54, 1.807) is 7.11 Å². The molecule has 0 radical (unpaired) electrons. The van der Waals surface area contributed by atoms with Gasteiger partial charge in [-0.15, -0.1) is 0 Å². The van der Waals surface area contributed by atoms with E-state index >= 15 is 0 Å². The normalized spacial score (nSPS) is 11.1. The highest BCUT2D eigenvalue weighted by atomic mass is 16.5. The first-order valence-electron chi connectivity index (χ1n) is 7.20. The summed E-state index contributed by atoms with van der Waals surface area (Å²) in [6.45, 7) is 2.36. The number of methoxy groups -OCH3 is 1. The van der Waals surface area contributed by atoms with Crippen LogP contribution in [-0.4, -0.2) is 12.1 Å². The number of H-pyrrole nitrogens is 1. The van der Waals surface area contributed by atoms with E-state index in [9.17, 15) is 0 Å². The van der Waals surface area contributed by atoms with Gasteiger partial charge < -0.3 is 15.0 Å². The molecule has 1 heterocycles. The monoisotopic (exact) mass is 280 g/mol. The number of aromatic nitrogens is 1. The Morgan fingerprint density at radius 3 is 2.52 bits per heavy atom. The first-order valence-corrected chi connectivity index (χ1v) is 7.20. The molecule has 0 saturated heterocycles. The van der Waals surface area contributed by atoms with Crippen molar-refractivity contribution in [2.75, 3.05) is 7.11 Å². The van der Waals surface area contributed by atoms with Crippen LogP contribution in [-0.2, 0) is 24.4 Å². The third kappa shape index (κ3) is 3.15. The molecule has 0 fully saturated rings. The third-order valence-corrected chi connectivity index (χ3v) is 3.73. The van der Waals surface area contributed by atoms with Gasteiger partial charge in [0.05, 0.1) is 6.61 Å². The van der Waals surface area contributed by atoms with Crippen LogP contribution < -0.4 is 5.32 Å². The summed E-state index contributed by atoms with van der Waals surface area (Å²) in [6, 6.07) is 16.9. The van der Waals surface area contributed by atoms with Gasteiger partial charge in [0.1, 0.15) is 0 Å². The molecule has 3 rings (SSSR count). The van der Waals surface area contributed by atoms with E-state index in [0.29, 0.717) is 6.61 Å². The fourth-order valence-electron chi connectivity index (χ4n) is 2.66. The van der Waals surface area contributed by atoms with Crippen molar-refractivity contribution in [3.63, 3.8) is 0 Å². The maximum Gasteiger partial charge on any atom is 0.0716 e. The molecule has 0 bridgehead atoms. The number of hydrogen-bond acceptors (Lipinski definition) is 2. The second kappa shape index (κ2) is 6.57. The van der Waals surface area contributed by atoms with Crippen molar-refractivity contribution in [2.45, 2.75) is 19.7 Å². The first-order chi connectivity index (χ1) is 10.4. The molecule has 3 nitrogen and oxygen atoms in total. The Morgan fingerprint density at radius 2 is 1.67 bits per heavy atom. The fraction of sp³-hybridized carbons (Fsp3) is 0.222. The SMILES string of the molecule is COCc1ccccc1CNCc1cccc2[nH]ccc12. The molecule has 21 heavy (non-hydrogen) atoms. The van der Waals surface area contributed by atoms with Crippen LogP contribution in [0.1, 0.15) is 16.7 Å². The number of benzene rings is 2. The van der Waals surface area contributed by atoms with Gasteiger partial charge >= 0.3 is 0 Å².